The van der Waals surface area contributed by atoms with Gasteiger partial charge >= 0.3 is 0 Å². The number of amides is 2. The Bertz CT molecular complexity index is 634. The zero-order chi connectivity index (χ0) is 17.9. The fourth-order valence-electron chi connectivity index (χ4n) is 4.07. The van der Waals surface area contributed by atoms with Crippen LogP contribution in [-0.2, 0) is 16.0 Å². The molecule has 2 saturated heterocycles. The number of halogens is 1. The summed E-state index contributed by atoms with van der Waals surface area (Å²) in [5.41, 5.74) is 0.950. The number of hydrogen-bond acceptors (Lipinski definition) is 3. The van der Waals surface area contributed by atoms with Crippen molar-refractivity contribution in [3.63, 3.8) is 0 Å². The van der Waals surface area contributed by atoms with Gasteiger partial charge in [-0.3, -0.25) is 9.59 Å². The second kappa shape index (κ2) is 7.75. The first kappa shape index (κ1) is 18.2. The van der Waals surface area contributed by atoms with Crippen LogP contribution in [0.1, 0.15) is 31.2 Å². The van der Waals surface area contributed by atoms with Crippen LogP contribution in [0.25, 0.3) is 0 Å². The lowest BCUT2D eigenvalue weighted by Crippen LogP contribution is -2.55. The van der Waals surface area contributed by atoms with Gasteiger partial charge in [0.25, 0.3) is 0 Å². The van der Waals surface area contributed by atoms with E-state index >= 15 is 0 Å². The summed E-state index contributed by atoms with van der Waals surface area (Å²) < 4.78 is 0. The molecule has 2 aliphatic rings. The molecule has 1 aromatic carbocycles. The van der Waals surface area contributed by atoms with E-state index < -0.39 is 0 Å². The SMILES string of the molecule is O=C1CCC2(CCCN(C(=O)Cc3ccc(Cl)cc3)C2)CN1CCO. The van der Waals surface area contributed by atoms with Gasteiger partial charge in [-0.05, 0) is 37.0 Å². The predicted molar refractivity (Wildman–Crippen MR) is 96.3 cm³/mol. The summed E-state index contributed by atoms with van der Waals surface area (Å²) in [5.74, 6) is 0.247. The minimum absolute atomic E-state index is 0.0129. The number of hydrogen-bond donors (Lipinski definition) is 1. The fourth-order valence-corrected chi connectivity index (χ4v) is 4.20. The zero-order valence-electron chi connectivity index (χ0n) is 14.4. The van der Waals surface area contributed by atoms with Crippen molar-refractivity contribution in [1.29, 1.82) is 0 Å². The van der Waals surface area contributed by atoms with Gasteiger partial charge in [0.05, 0.1) is 13.0 Å². The van der Waals surface area contributed by atoms with Gasteiger partial charge in [0.15, 0.2) is 0 Å². The van der Waals surface area contributed by atoms with Gasteiger partial charge in [-0.15, -0.1) is 0 Å². The first-order chi connectivity index (χ1) is 12.0. The van der Waals surface area contributed by atoms with Crippen molar-refractivity contribution in [3.8, 4) is 0 Å². The fraction of sp³-hybridized carbons (Fsp3) is 0.579. The Morgan fingerprint density at radius 2 is 1.96 bits per heavy atom. The van der Waals surface area contributed by atoms with Crippen LogP contribution in [0.15, 0.2) is 24.3 Å². The van der Waals surface area contributed by atoms with Crippen molar-refractivity contribution in [2.75, 3.05) is 32.8 Å². The molecule has 0 aliphatic carbocycles. The number of carbonyl (C=O) groups excluding carboxylic acids is 2. The summed E-state index contributed by atoms with van der Waals surface area (Å²) in [6.07, 6.45) is 3.73. The van der Waals surface area contributed by atoms with Crippen molar-refractivity contribution < 1.29 is 14.7 Å². The van der Waals surface area contributed by atoms with E-state index in [9.17, 15) is 14.7 Å². The van der Waals surface area contributed by atoms with Crippen molar-refractivity contribution in [1.82, 2.24) is 9.80 Å². The molecule has 0 saturated carbocycles. The van der Waals surface area contributed by atoms with Gasteiger partial charge in [-0.1, -0.05) is 23.7 Å². The standard InChI is InChI=1S/C19H25ClN2O3/c20-16-4-2-15(3-5-16)12-18(25)21-9-1-7-19(13-21)8-6-17(24)22(14-19)10-11-23/h2-5,23H,1,6-14H2. The van der Waals surface area contributed by atoms with E-state index in [0.29, 0.717) is 37.5 Å². The maximum atomic E-state index is 12.7. The van der Waals surface area contributed by atoms with Gasteiger partial charge in [-0.2, -0.15) is 0 Å². The molecular formula is C19H25ClN2O3. The molecule has 2 amide bonds. The van der Waals surface area contributed by atoms with Crippen LogP contribution in [-0.4, -0.2) is 59.5 Å². The van der Waals surface area contributed by atoms with Crippen molar-refractivity contribution in [2.24, 2.45) is 5.41 Å². The summed E-state index contributed by atoms with van der Waals surface area (Å²) in [4.78, 5) is 28.5. The summed E-state index contributed by atoms with van der Waals surface area (Å²) in [5, 5.41) is 9.85. The number of rotatable bonds is 4. The van der Waals surface area contributed by atoms with Crippen LogP contribution in [0, 0.1) is 5.41 Å². The van der Waals surface area contributed by atoms with E-state index in [1.165, 1.54) is 0 Å². The molecule has 5 nitrogen and oxygen atoms in total. The molecule has 1 atom stereocenters. The number of piperidine rings is 2. The Kier molecular flexibility index (Phi) is 5.64. The molecule has 0 radical (unpaired) electrons. The van der Waals surface area contributed by atoms with Crippen molar-refractivity contribution in [3.05, 3.63) is 34.9 Å². The first-order valence-electron chi connectivity index (χ1n) is 8.92. The van der Waals surface area contributed by atoms with Gasteiger partial charge in [0.2, 0.25) is 11.8 Å². The maximum Gasteiger partial charge on any atom is 0.227 e. The second-order valence-electron chi connectivity index (χ2n) is 7.26. The average Bonchev–Trinajstić information content (AvgIpc) is 2.61. The quantitative estimate of drug-likeness (QED) is 0.890. The van der Waals surface area contributed by atoms with Crippen LogP contribution in [0.2, 0.25) is 5.02 Å². The number of nitrogens with zero attached hydrogens (tertiary/aromatic N) is 2. The highest BCUT2D eigenvalue weighted by molar-refractivity contribution is 6.30. The van der Waals surface area contributed by atoms with E-state index in [2.05, 4.69) is 0 Å². The van der Waals surface area contributed by atoms with Crippen LogP contribution in [0.4, 0.5) is 0 Å². The van der Waals surface area contributed by atoms with E-state index in [4.69, 9.17) is 11.6 Å². The molecule has 1 N–H and O–H groups in total. The minimum Gasteiger partial charge on any atom is -0.395 e. The van der Waals surface area contributed by atoms with Gasteiger partial charge < -0.3 is 14.9 Å². The largest absolute Gasteiger partial charge is 0.395 e. The second-order valence-corrected chi connectivity index (χ2v) is 7.70. The molecule has 25 heavy (non-hydrogen) atoms. The summed E-state index contributed by atoms with van der Waals surface area (Å²) in [6, 6.07) is 7.40. The molecule has 1 unspecified atom stereocenters. The number of aliphatic hydroxyl groups is 1. The third kappa shape index (κ3) is 4.33. The molecule has 6 heteroatoms. The van der Waals surface area contributed by atoms with E-state index in [-0.39, 0.29) is 23.8 Å². The van der Waals surface area contributed by atoms with E-state index in [1.807, 2.05) is 17.0 Å². The molecular weight excluding hydrogens is 340 g/mol. The Morgan fingerprint density at radius 1 is 1.20 bits per heavy atom. The highest BCUT2D eigenvalue weighted by atomic mass is 35.5. The van der Waals surface area contributed by atoms with Gasteiger partial charge in [0, 0.05) is 43.0 Å². The smallest absolute Gasteiger partial charge is 0.227 e. The molecule has 1 spiro atoms. The average molecular weight is 365 g/mol. The van der Waals surface area contributed by atoms with Crippen molar-refractivity contribution >= 4 is 23.4 Å². The lowest BCUT2D eigenvalue weighted by Gasteiger charge is -2.48. The van der Waals surface area contributed by atoms with E-state index in [1.54, 1.807) is 17.0 Å². The highest BCUT2D eigenvalue weighted by Crippen LogP contribution is 2.39. The molecule has 2 aliphatic heterocycles. The molecule has 0 aromatic heterocycles. The number of aliphatic hydroxyl groups excluding tert-OH is 1. The third-order valence-electron chi connectivity index (χ3n) is 5.40. The van der Waals surface area contributed by atoms with Crippen LogP contribution < -0.4 is 0 Å². The topological polar surface area (TPSA) is 60.9 Å². The Labute approximate surface area is 153 Å². The zero-order valence-corrected chi connectivity index (χ0v) is 15.2. The van der Waals surface area contributed by atoms with Crippen LogP contribution in [0.3, 0.4) is 0 Å². The normalized spacial score (nSPS) is 24.0. The molecule has 2 fully saturated rings. The summed E-state index contributed by atoms with van der Waals surface area (Å²) in [7, 11) is 0. The number of likely N-dealkylation sites (tertiary alicyclic amines) is 2. The van der Waals surface area contributed by atoms with Gasteiger partial charge in [0.1, 0.15) is 0 Å². The molecule has 3 rings (SSSR count). The number of benzene rings is 1. The van der Waals surface area contributed by atoms with Gasteiger partial charge in [-0.25, -0.2) is 0 Å². The number of β-amino-alcohol motifs (C(OH)–C–C–N with tert-alkyl or cyclic N) is 1. The monoisotopic (exact) mass is 364 g/mol. The Hall–Kier alpha value is -1.59. The number of carbonyl (C=O) groups is 2. The van der Waals surface area contributed by atoms with Crippen LogP contribution in [0.5, 0.6) is 0 Å². The van der Waals surface area contributed by atoms with Crippen molar-refractivity contribution in [2.45, 2.75) is 32.1 Å². The molecule has 136 valence electrons. The molecule has 1 aromatic rings. The first-order valence-corrected chi connectivity index (χ1v) is 9.30. The Balaban J connectivity index is 1.64. The molecule has 0 bridgehead atoms. The Morgan fingerprint density at radius 3 is 2.68 bits per heavy atom. The van der Waals surface area contributed by atoms with Crippen LogP contribution >= 0.6 is 11.6 Å². The molecule has 2 heterocycles. The third-order valence-corrected chi connectivity index (χ3v) is 5.65. The maximum absolute atomic E-state index is 12.7. The minimum atomic E-state index is -0.0169. The summed E-state index contributed by atoms with van der Waals surface area (Å²) in [6.45, 7) is 2.51. The highest BCUT2D eigenvalue weighted by Gasteiger charge is 2.42. The summed E-state index contributed by atoms with van der Waals surface area (Å²) >= 11 is 5.90. The predicted octanol–water partition coefficient (Wildman–Crippen LogP) is 2.11. The lowest BCUT2D eigenvalue weighted by molar-refractivity contribution is -0.143. The van der Waals surface area contributed by atoms with E-state index in [0.717, 1.165) is 31.4 Å². The lowest BCUT2D eigenvalue weighted by atomic mass is 9.73.